The van der Waals surface area contributed by atoms with Crippen LogP contribution in [0.3, 0.4) is 0 Å². The summed E-state index contributed by atoms with van der Waals surface area (Å²) in [5.41, 5.74) is 5.10. The van der Waals surface area contributed by atoms with Crippen LogP contribution < -0.4 is 11.3 Å². The zero-order chi connectivity index (χ0) is 7.40. The Bertz CT molecular complexity index is 191. The third-order valence-electron chi connectivity index (χ3n) is 1.43. The Kier molecular flexibility index (Phi) is 4.50. The number of hydrogen-bond donors (Lipinski definition) is 2. The third kappa shape index (κ3) is 3.16. The van der Waals surface area contributed by atoms with Crippen molar-refractivity contribution in [1.82, 2.24) is 5.43 Å². The Morgan fingerprint density at radius 2 is 1.82 bits per heavy atom. The largest absolute Gasteiger partial charge is 0.271 e. The molecule has 0 saturated carbocycles. The van der Waals surface area contributed by atoms with Crippen molar-refractivity contribution in [2.24, 2.45) is 5.84 Å². The zero-order valence-electron chi connectivity index (χ0n) is 6.09. The number of aryl methyl sites for hydroxylation is 1. The normalized spacial score (nSPS) is 8.91. The molecule has 0 fully saturated rings. The number of rotatable bonds is 2. The molecule has 0 atom stereocenters. The van der Waals surface area contributed by atoms with Gasteiger partial charge < -0.3 is 0 Å². The first-order valence-electron chi connectivity index (χ1n) is 3.32. The molecular formula is C9H16N2. The zero-order valence-corrected chi connectivity index (χ0v) is 6.09. The summed E-state index contributed by atoms with van der Waals surface area (Å²) >= 11 is 0. The molecule has 0 spiro atoms. The van der Waals surface area contributed by atoms with Gasteiger partial charge in [-0.2, -0.15) is 0 Å². The average molecular weight is 152 g/mol. The van der Waals surface area contributed by atoms with Crippen molar-refractivity contribution in [3.63, 3.8) is 0 Å². The maximum absolute atomic E-state index is 5.15. The highest BCUT2D eigenvalue weighted by Gasteiger charge is 1.87. The molecule has 0 aromatic heterocycles. The van der Waals surface area contributed by atoms with E-state index in [9.17, 15) is 0 Å². The molecule has 0 saturated heterocycles. The first kappa shape index (κ1) is 10.1. The van der Waals surface area contributed by atoms with Gasteiger partial charge in [-0.1, -0.05) is 37.3 Å². The molecule has 0 bridgehead atoms. The van der Waals surface area contributed by atoms with Crippen molar-refractivity contribution < 1.29 is 0 Å². The van der Waals surface area contributed by atoms with Gasteiger partial charge in [0.1, 0.15) is 0 Å². The Balaban J connectivity index is 0.000001000. The molecular weight excluding hydrogens is 136 g/mol. The summed E-state index contributed by atoms with van der Waals surface area (Å²) in [4.78, 5) is 0. The molecule has 2 nitrogen and oxygen atoms in total. The summed E-state index contributed by atoms with van der Waals surface area (Å²) in [6.07, 6.45) is 0. The van der Waals surface area contributed by atoms with E-state index in [4.69, 9.17) is 5.84 Å². The van der Waals surface area contributed by atoms with Crippen molar-refractivity contribution in [2.45, 2.75) is 20.9 Å². The standard InChI is InChI=1S/C8H12N2.CH4/c1-7-2-4-8(5-3-7)6-10-9;/h2-5,10H,6,9H2,1H3;1H4. The van der Waals surface area contributed by atoms with Gasteiger partial charge in [0.15, 0.2) is 0 Å². The number of nitrogens with one attached hydrogen (secondary N) is 1. The fraction of sp³-hybridized carbons (Fsp3) is 0.333. The molecule has 0 amide bonds. The quantitative estimate of drug-likeness (QED) is 0.499. The highest BCUT2D eigenvalue weighted by atomic mass is 15.2. The van der Waals surface area contributed by atoms with Gasteiger partial charge in [-0.15, -0.1) is 0 Å². The second kappa shape index (κ2) is 4.88. The number of benzene rings is 1. The highest BCUT2D eigenvalue weighted by molar-refractivity contribution is 5.20. The second-order valence-corrected chi connectivity index (χ2v) is 2.37. The average Bonchev–Trinajstić information content (AvgIpc) is 1.95. The predicted molar refractivity (Wildman–Crippen MR) is 48.9 cm³/mol. The van der Waals surface area contributed by atoms with Gasteiger partial charge >= 0.3 is 0 Å². The monoisotopic (exact) mass is 152 g/mol. The van der Waals surface area contributed by atoms with Crippen LogP contribution in [0.1, 0.15) is 18.6 Å². The van der Waals surface area contributed by atoms with Crippen LogP contribution in [0, 0.1) is 6.92 Å². The lowest BCUT2D eigenvalue weighted by Gasteiger charge is -1.98. The Labute approximate surface area is 68.4 Å². The molecule has 0 aliphatic heterocycles. The van der Waals surface area contributed by atoms with Gasteiger partial charge in [0.2, 0.25) is 0 Å². The fourth-order valence-electron chi connectivity index (χ4n) is 0.824. The number of nitrogens with two attached hydrogens (primary N) is 1. The van der Waals surface area contributed by atoms with Crippen molar-refractivity contribution in [1.29, 1.82) is 0 Å². The molecule has 1 aromatic carbocycles. The summed E-state index contributed by atoms with van der Waals surface area (Å²) in [7, 11) is 0. The van der Waals surface area contributed by atoms with Crippen LogP contribution >= 0.6 is 0 Å². The minimum absolute atomic E-state index is 0. The molecule has 62 valence electrons. The van der Waals surface area contributed by atoms with E-state index >= 15 is 0 Å². The predicted octanol–water partition coefficient (Wildman–Crippen LogP) is 1.59. The number of hydrogen-bond acceptors (Lipinski definition) is 2. The molecule has 0 aliphatic rings. The second-order valence-electron chi connectivity index (χ2n) is 2.37. The summed E-state index contributed by atoms with van der Waals surface area (Å²) in [5.74, 6) is 5.15. The highest BCUT2D eigenvalue weighted by Crippen LogP contribution is 2.01. The molecule has 1 rings (SSSR count). The van der Waals surface area contributed by atoms with E-state index in [1.165, 1.54) is 11.1 Å². The summed E-state index contributed by atoms with van der Waals surface area (Å²) < 4.78 is 0. The van der Waals surface area contributed by atoms with E-state index in [0.717, 1.165) is 6.54 Å². The van der Waals surface area contributed by atoms with E-state index in [1.54, 1.807) is 0 Å². The Hall–Kier alpha value is -0.860. The Morgan fingerprint density at radius 3 is 2.27 bits per heavy atom. The van der Waals surface area contributed by atoms with E-state index in [2.05, 4.69) is 36.6 Å². The molecule has 0 unspecified atom stereocenters. The van der Waals surface area contributed by atoms with E-state index < -0.39 is 0 Å². The van der Waals surface area contributed by atoms with Crippen LogP contribution in [-0.4, -0.2) is 0 Å². The fourth-order valence-corrected chi connectivity index (χ4v) is 0.824. The van der Waals surface area contributed by atoms with E-state index in [1.807, 2.05) is 0 Å². The number of hydrazine groups is 1. The van der Waals surface area contributed by atoms with Crippen LogP contribution in [0.4, 0.5) is 0 Å². The maximum Gasteiger partial charge on any atom is 0.0348 e. The lowest BCUT2D eigenvalue weighted by molar-refractivity contribution is 0.741. The lowest BCUT2D eigenvalue weighted by atomic mass is 10.2. The molecule has 0 radical (unpaired) electrons. The van der Waals surface area contributed by atoms with Crippen LogP contribution in [0.15, 0.2) is 24.3 Å². The van der Waals surface area contributed by atoms with Crippen molar-refractivity contribution in [2.75, 3.05) is 0 Å². The van der Waals surface area contributed by atoms with Crippen LogP contribution in [0.25, 0.3) is 0 Å². The molecule has 11 heavy (non-hydrogen) atoms. The van der Waals surface area contributed by atoms with E-state index in [-0.39, 0.29) is 7.43 Å². The van der Waals surface area contributed by atoms with Crippen molar-refractivity contribution >= 4 is 0 Å². The molecule has 3 N–H and O–H groups in total. The minimum atomic E-state index is 0. The van der Waals surface area contributed by atoms with Crippen LogP contribution in [0.2, 0.25) is 0 Å². The summed E-state index contributed by atoms with van der Waals surface area (Å²) in [6, 6.07) is 8.28. The van der Waals surface area contributed by atoms with Crippen molar-refractivity contribution in [3.8, 4) is 0 Å². The Morgan fingerprint density at radius 1 is 1.27 bits per heavy atom. The minimum Gasteiger partial charge on any atom is -0.271 e. The van der Waals surface area contributed by atoms with Gasteiger partial charge in [0.05, 0.1) is 0 Å². The molecule has 2 heteroatoms. The first-order valence-corrected chi connectivity index (χ1v) is 3.32. The van der Waals surface area contributed by atoms with Gasteiger partial charge in [-0.3, -0.25) is 11.3 Å². The molecule has 0 aliphatic carbocycles. The van der Waals surface area contributed by atoms with Gasteiger partial charge in [-0.05, 0) is 12.5 Å². The summed E-state index contributed by atoms with van der Waals surface area (Å²) in [5, 5.41) is 0. The van der Waals surface area contributed by atoms with Gasteiger partial charge in [0, 0.05) is 6.54 Å². The van der Waals surface area contributed by atoms with Crippen LogP contribution in [0.5, 0.6) is 0 Å². The third-order valence-corrected chi connectivity index (χ3v) is 1.43. The first-order chi connectivity index (χ1) is 4.83. The van der Waals surface area contributed by atoms with Gasteiger partial charge in [-0.25, -0.2) is 0 Å². The maximum atomic E-state index is 5.15. The van der Waals surface area contributed by atoms with E-state index in [0.29, 0.717) is 0 Å². The summed E-state index contributed by atoms with van der Waals surface area (Å²) in [6.45, 7) is 2.81. The van der Waals surface area contributed by atoms with Gasteiger partial charge in [0.25, 0.3) is 0 Å². The lowest BCUT2D eigenvalue weighted by Crippen LogP contribution is -2.20. The van der Waals surface area contributed by atoms with Crippen LogP contribution in [-0.2, 0) is 6.54 Å². The topological polar surface area (TPSA) is 38.0 Å². The smallest absolute Gasteiger partial charge is 0.0348 e. The SMILES string of the molecule is C.Cc1ccc(CNN)cc1. The van der Waals surface area contributed by atoms with Crippen molar-refractivity contribution in [3.05, 3.63) is 35.4 Å². The molecule has 1 aromatic rings. The molecule has 0 heterocycles.